The normalized spacial score (nSPS) is 24.0. The minimum absolute atomic E-state index is 0.317. The van der Waals surface area contributed by atoms with Crippen molar-refractivity contribution in [2.45, 2.75) is 27.2 Å². The standard InChI is InChI=1S/C21H32N4OS/c1-16-12-17(2)14-25(13-16)20(26)15-23-8-10-24(11-9-23)21(27)22-19-7-5-4-6-18(19)3/h4-7,16-17H,8-15H2,1-3H3,(H,22,27)/p+1/t16-,17-/m1/s1. The van der Waals surface area contributed by atoms with Gasteiger partial charge in [0.1, 0.15) is 0 Å². The lowest BCUT2D eigenvalue weighted by Gasteiger charge is -2.37. The molecule has 0 bridgehead atoms. The van der Waals surface area contributed by atoms with Crippen LogP contribution in [-0.4, -0.2) is 66.6 Å². The Morgan fingerprint density at radius 3 is 2.41 bits per heavy atom. The molecule has 2 saturated heterocycles. The topological polar surface area (TPSA) is 40.0 Å². The van der Waals surface area contributed by atoms with Gasteiger partial charge in [0.2, 0.25) is 0 Å². The van der Waals surface area contributed by atoms with Gasteiger partial charge in [0.15, 0.2) is 11.7 Å². The zero-order valence-corrected chi connectivity index (χ0v) is 17.6. The van der Waals surface area contributed by atoms with Crippen molar-refractivity contribution in [3.8, 4) is 0 Å². The fraction of sp³-hybridized carbons (Fsp3) is 0.619. The fourth-order valence-electron chi connectivity index (χ4n) is 4.30. The van der Waals surface area contributed by atoms with Crippen LogP contribution in [0.3, 0.4) is 0 Å². The Labute approximate surface area is 168 Å². The maximum Gasteiger partial charge on any atom is 0.277 e. The van der Waals surface area contributed by atoms with Gasteiger partial charge in [0.25, 0.3) is 5.91 Å². The minimum atomic E-state index is 0.317. The Balaban J connectivity index is 1.45. The Kier molecular flexibility index (Phi) is 6.71. The summed E-state index contributed by atoms with van der Waals surface area (Å²) in [5.74, 6) is 1.56. The lowest BCUT2D eigenvalue weighted by molar-refractivity contribution is -0.896. The van der Waals surface area contributed by atoms with Gasteiger partial charge >= 0.3 is 0 Å². The van der Waals surface area contributed by atoms with Crippen molar-refractivity contribution in [1.82, 2.24) is 9.80 Å². The van der Waals surface area contributed by atoms with E-state index in [1.165, 1.54) is 16.9 Å². The third-order valence-corrected chi connectivity index (χ3v) is 6.13. The molecule has 2 N–H and O–H groups in total. The summed E-state index contributed by atoms with van der Waals surface area (Å²) in [7, 11) is 0. The molecule has 0 spiro atoms. The van der Waals surface area contributed by atoms with Crippen molar-refractivity contribution >= 4 is 28.9 Å². The number of amides is 1. The Hall–Kier alpha value is -1.66. The van der Waals surface area contributed by atoms with Gasteiger partial charge in [0, 0.05) is 18.8 Å². The Bertz CT molecular complexity index is 662. The summed E-state index contributed by atoms with van der Waals surface area (Å²) in [5.41, 5.74) is 2.26. The number of carbonyl (C=O) groups is 1. The number of piperazine rings is 1. The van der Waals surface area contributed by atoms with Gasteiger partial charge in [0.05, 0.1) is 26.2 Å². The molecular weight excluding hydrogens is 356 g/mol. The van der Waals surface area contributed by atoms with Crippen molar-refractivity contribution in [2.75, 3.05) is 51.1 Å². The van der Waals surface area contributed by atoms with Crippen LogP contribution in [0.2, 0.25) is 0 Å². The first-order valence-electron chi connectivity index (χ1n) is 10.1. The van der Waals surface area contributed by atoms with Gasteiger partial charge in [-0.3, -0.25) is 4.79 Å². The van der Waals surface area contributed by atoms with E-state index in [0.29, 0.717) is 24.3 Å². The molecule has 148 valence electrons. The number of quaternary nitrogens is 1. The average molecular weight is 390 g/mol. The first-order chi connectivity index (χ1) is 12.9. The predicted molar refractivity (Wildman–Crippen MR) is 114 cm³/mol. The molecule has 2 aliphatic rings. The van der Waals surface area contributed by atoms with Crippen molar-refractivity contribution in [2.24, 2.45) is 11.8 Å². The number of benzene rings is 1. The number of likely N-dealkylation sites (tertiary alicyclic amines) is 1. The SMILES string of the molecule is Cc1ccccc1NC(=S)N1CC[NH+](CC(=O)N2C[C@H](C)C[C@@H](C)C2)CC1. The van der Waals surface area contributed by atoms with Crippen molar-refractivity contribution in [3.05, 3.63) is 29.8 Å². The van der Waals surface area contributed by atoms with Gasteiger partial charge in [-0.15, -0.1) is 0 Å². The number of nitrogens with zero attached hydrogens (tertiary/aromatic N) is 2. The molecule has 27 heavy (non-hydrogen) atoms. The Morgan fingerprint density at radius 2 is 1.78 bits per heavy atom. The number of aryl methyl sites for hydroxylation is 1. The number of hydrogen-bond acceptors (Lipinski definition) is 2. The maximum absolute atomic E-state index is 12.7. The number of nitrogens with one attached hydrogen (secondary N) is 2. The van der Waals surface area contributed by atoms with Crippen LogP contribution in [0.5, 0.6) is 0 Å². The molecule has 1 aromatic rings. The van der Waals surface area contributed by atoms with Crippen LogP contribution < -0.4 is 10.2 Å². The molecule has 1 aromatic carbocycles. The number of piperidine rings is 1. The molecule has 6 heteroatoms. The first-order valence-corrected chi connectivity index (χ1v) is 10.6. The van der Waals surface area contributed by atoms with Crippen LogP contribution in [0.15, 0.2) is 24.3 Å². The van der Waals surface area contributed by atoms with Crippen LogP contribution in [0.1, 0.15) is 25.8 Å². The molecule has 0 aliphatic carbocycles. The molecular formula is C21H33N4OS+. The molecule has 2 aliphatic heterocycles. The molecule has 0 saturated carbocycles. The van der Waals surface area contributed by atoms with E-state index in [4.69, 9.17) is 12.2 Å². The van der Waals surface area contributed by atoms with Gasteiger partial charge in [-0.2, -0.15) is 0 Å². The van der Waals surface area contributed by atoms with E-state index < -0.39 is 0 Å². The van der Waals surface area contributed by atoms with Gasteiger partial charge in [-0.05, 0) is 49.0 Å². The molecule has 0 radical (unpaired) electrons. The first kappa shape index (κ1) is 20.1. The number of anilines is 1. The van der Waals surface area contributed by atoms with Crippen LogP contribution in [0, 0.1) is 18.8 Å². The minimum Gasteiger partial charge on any atom is -0.338 e. The van der Waals surface area contributed by atoms with E-state index in [-0.39, 0.29) is 0 Å². The second kappa shape index (κ2) is 9.02. The monoisotopic (exact) mass is 389 g/mol. The molecule has 0 unspecified atom stereocenters. The van der Waals surface area contributed by atoms with Crippen LogP contribution >= 0.6 is 12.2 Å². The molecule has 2 heterocycles. The average Bonchev–Trinajstić information content (AvgIpc) is 2.63. The number of rotatable bonds is 3. The summed E-state index contributed by atoms with van der Waals surface area (Å²) in [6.07, 6.45) is 1.24. The molecule has 2 fully saturated rings. The lowest BCUT2D eigenvalue weighted by Crippen LogP contribution is -3.15. The van der Waals surface area contributed by atoms with Crippen molar-refractivity contribution in [1.29, 1.82) is 0 Å². The van der Waals surface area contributed by atoms with Crippen molar-refractivity contribution < 1.29 is 9.69 Å². The van der Waals surface area contributed by atoms with Crippen LogP contribution in [-0.2, 0) is 4.79 Å². The van der Waals surface area contributed by atoms with E-state index >= 15 is 0 Å². The smallest absolute Gasteiger partial charge is 0.277 e. The summed E-state index contributed by atoms with van der Waals surface area (Å²) in [6, 6.07) is 8.20. The summed E-state index contributed by atoms with van der Waals surface area (Å²) in [5, 5.41) is 4.16. The molecule has 2 atom stereocenters. The molecule has 0 aromatic heterocycles. The zero-order valence-electron chi connectivity index (χ0n) is 16.8. The highest BCUT2D eigenvalue weighted by Gasteiger charge is 2.29. The van der Waals surface area contributed by atoms with E-state index in [1.807, 2.05) is 12.1 Å². The summed E-state index contributed by atoms with van der Waals surface area (Å²) in [4.78, 5) is 18.4. The second-order valence-electron chi connectivity index (χ2n) is 8.40. The highest BCUT2D eigenvalue weighted by atomic mass is 32.1. The van der Waals surface area contributed by atoms with Crippen molar-refractivity contribution in [3.63, 3.8) is 0 Å². The van der Waals surface area contributed by atoms with E-state index in [2.05, 4.69) is 48.0 Å². The van der Waals surface area contributed by atoms with Gasteiger partial charge in [-0.1, -0.05) is 32.0 Å². The molecule has 3 rings (SSSR count). The fourth-order valence-corrected chi connectivity index (χ4v) is 4.60. The van der Waals surface area contributed by atoms with Crippen LogP contribution in [0.4, 0.5) is 5.69 Å². The van der Waals surface area contributed by atoms with E-state index in [0.717, 1.165) is 50.1 Å². The molecule has 5 nitrogen and oxygen atoms in total. The number of carbonyl (C=O) groups excluding carboxylic acids is 1. The molecule has 1 amide bonds. The number of hydrogen-bond donors (Lipinski definition) is 2. The lowest BCUT2D eigenvalue weighted by atomic mass is 9.92. The van der Waals surface area contributed by atoms with E-state index in [1.54, 1.807) is 0 Å². The third-order valence-electron chi connectivity index (χ3n) is 5.77. The van der Waals surface area contributed by atoms with E-state index in [9.17, 15) is 4.79 Å². The van der Waals surface area contributed by atoms with Crippen LogP contribution in [0.25, 0.3) is 0 Å². The maximum atomic E-state index is 12.7. The number of para-hydroxylation sites is 1. The quantitative estimate of drug-likeness (QED) is 0.767. The highest BCUT2D eigenvalue weighted by Crippen LogP contribution is 2.20. The third kappa shape index (κ3) is 5.42. The largest absolute Gasteiger partial charge is 0.338 e. The predicted octanol–water partition coefficient (Wildman–Crippen LogP) is 1.40. The Morgan fingerprint density at radius 1 is 1.15 bits per heavy atom. The zero-order chi connectivity index (χ0) is 19.4. The summed E-state index contributed by atoms with van der Waals surface area (Å²) < 4.78 is 0. The second-order valence-corrected chi connectivity index (χ2v) is 8.79. The summed E-state index contributed by atoms with van der Waals surface area (Å²) in [6.45, 7) is 12.8. The van der Waals surface area contributed by atoms with Gasteiger partial charge < -0.3 is 20.0 Å². The van der Waals surface area contributed by atoms with Gasteiger partial charge in [-0.25, -0.2) is 0 Å². The summed E-state index contributed by atoms with van der Waals surface area (Å²) >= 11 is 5.60. The number of thiocarbonyl (C=S) groups is 1. The highest BCUT2D eigenvalue weighted by molar-refractivity contribution is 7.80.